The quantitative estimate of drug-likeness (QED) is 0.677. The number of ether oxygens (including phenoxy) is 2. The van der Waals surface area contributed by atoms with Gasteiger partial charge >= 0.3 is 5.97 Å². The number of pyridine rings is 1. The maximum atomic E-state index is 13.0. The highest BCUT2D eigenvalue weighted by Crippen LogP contribution is 2.13. The van der Waals surface area contributed by atoms with Crippen molar-refractivity contribution in [3.8, 4) is 5.75 Å². The summed E-state index contributed by atoms with van der Waals surface area (Å²) in [5, 5.41) is 7.60. The molecular weight excluding hydrogens is 301 g/mol. The maximum Gasteiger partial charge on any atom is 0.340 e. The Bertz CT molecular complexity index is 834. The van der Waals surface area contributed by atoms with E-state index in [0.29, 0.717) is 17.0 Å². The van der Waals surface area contributed by atoms with Gasteiger partial charge in [0.05, 0.1) is 5.56 Å². The average molecular weight is 315 g/mol. The van der Waals surface area contributed by atoms with E-state index in [1.165, 1.54) is 18.5 Å². The Balaban J connectivity index is 1.58. The standard InChI is InChI=1S/C16H14FN3O3/c1-11(9-22-14-4-2-3-13(17)7-14)23-16(21)12-5-6-15-19-18-10-20(15)8-12/h2-8,10-11H,9H2,1H3/t11-/m0/s1. The molecule has 23 heavy (non-hydrogen) atoms. The third-order valence-electron chi connectivity index (χ3n) is 3.12. The van der Waals surface area contributed by atoms with Gasteiger partial charge in [0.25, 0.3) is 0 Å². The number of fused-ring (bicyclic) bond motifs is 1. The molecule has 0 radical (unpaired) electrons. The smallest absolute Gasteiger partial charge is 0.340 e. The number of carbonyl (C=O) groups excluding carboxylic acids is 1. The molecule has 0 saturated heterocycles. The first-order valence-electron chi connectivity index (χ1n) is 7.00. The van der Waals surface area contributed by atoms with Gasteiger partial charge in [-0.25, -0.2) is 9.18 Å². The van der Waals surface area contributed by atoms with E-state index in [9.17, 15) is 9.18 Å². The predicted octanol–water partition coefficient (Wildman–Crippen LogP) is 2.49. The van der Waals surface area contributed by atoms with Crippen LogP contribution >= 0.6 is 0 Å². The largest absolute Gasteiger partial charge is 0.490 e. The van der Waals surface area contributed by atoms with Crippen LogP contribution in [-0.4, -0.2) is 33.3 Å². The van der Waals surface area contributed by atoms with E-state index >= 15 is 0 Å². The molecule has 1 aromatic carbocycles. The van der Waals surface area contributed by atoms with Crippen molar-refractivity contribution in [2.24, 2.45) is 0 Å². The first-order valence-corrected chi connectivity index (χ1v) is 7.00. The van der Waals surface area contributed by atoms with E-state index in [4.69, 9.17) is 9.47 Å². The summed E-state index contributed by atoms with van der Waals surface area (Å²) in [5.74, 6) is -0.468. The van der Waals surface area contributed by atoms with Crippen LogP contribution in [0.4, 0.5) is 4.39 Å². The number of nitrogens with zero attached hydrogens (tertiary/aromatic N) is 3. The Kier molecular flexibility index (Phi) is 4.18. The van der Waals surface area contributed by atoms with E-state index in [0.717, 1.165) is 0 Å². The Hall–Kier alpha value is -2.96. The van der Waals surface area contributed by atoms with Crippen molar-refractivity contribution in [2.45, 2.75) is 13.0 Å². The van der Waals surface area contributed by atoms with Gasteiger partial charge in [0.2, 0.25) is 0 Å². The van der Waals surface area contributed by atoms with Crippen LogP contribution < -0.4 is 4.74 Å². The minimum atomic E-state index is -0.484. The molecular formula is C16H14FN3O3. The van der Waals surface area contributed by atoms with Gasteiger partial charge < -0.3 is 9.47 Å². The number of esters is 1. The van der Waals surface area contributed by atoms with Gasteiger partial charge in [-0.1, -0.05) is 6.07 Å². The van der Waals surface area contributed by atoms with Crippen LogP contribution in [0.5, 0.6) is 5.75 Å². The van der Waals surface area contributed by atoms with E-state index in [-0.39, 0.29) is 12.4 Å². The Morgan fingerprint density at radius 2 is 2.22 bits per heavy atom. The lowest BCUT2D eigenvalue weighted by atomic mass is 10.3. The van der Waals surface area contributed by atoms with Gasteiger partial charge in [-0.05, 0) is 31.2 Å². The Morgan fingerprint density at radius 3 is 3.04 bits per heavy atom. The molecule has 0 aliphatic carbocycles. The number of benzene rings is 1. The number of aromatic nitrogens is 3. The van der Waals surface area contributed by atoms with Crippen LogP contribution in [0.15, 0.2) is 48.9 Å². The summed E-state index contributed by atoms with van der Waals surface area (Å²) in [7, 11) is 0. The molecule has 0 fully saturated rings. The Morgan fingerprint density at radius 1 is 1.35 bits per heavy atom. The Labute approximate surface area is 131 Å². The van der Waals surface area contributed by atoms with Crippen LogP contribution in [0.3, 0.4) is 0 Å². The number of hydrogen-bond donors (Lipinski definition) is 0. The normalized spacial score (nSPS) is 12.1. The zero-order valence-electron chi connectivity index (χ0n) is 12.3. The first kappa shape index (κ1) is 15.0. The van der Waals surface area contributed by atoms with E-state index in [1.807, 2.05) is 0 Å². The van der Waals surface area contributed by atoms with E-state index < -0.39 is 12.1 Å². The number of rotatable bonds is 5. The molecule has 0 unspecified atom stereocenters. The fraction of sp³-hybridized carbons (Fsp3) is 0.188. The summed E-state index contributed by atoms with van der Waals surface area (Å²) in [6.07, 6.45) is 2.61. The van der Waals surface area contributed by atoms with Crippen LogP contribution in [-0.2, 0) is 4.74 Å². The number of hydrogen-bond acceptors (Lipinski definition) is 5. The third kappa shape index (κ3) is 3.63. The summed E-state index contributed by atoms with van der Waals surface area (Å²) in [4.78, 5) is 12.1. The zero-order valence-corrected chi connectivity index (χ0v) is 12.3. The summed E-state index contributed by atoms with van der Waals surface area (Å²) in [6.45, 7) is 1.83. The second-order valence-corrected chi connectivity index (χ2v) is 5.00. The fourth-order valence-electron chi connectivity index (χ4n) is 2.00. The van der Waals surface area contributed by atoms with Gasteiger partial charge in [0, 0.05) is 12.3 Å². The second-order valence-electron chi connectivity index (χ2n) is 5.00. The SMILES string of the molecule is C[C@@H](COc1cccc(F)c1)OC(=O)c1ccc2nncn2c1. The highest BCUT2D eigenvalue weighted by atomic mass is 19.1. The van der Waals surface area contributed by atoms with Gasteiger partial charge in [-0.15, -0.1) is 10.2 Å². The molecule has 6 nitrogen and oxygen atoms in total. The fourth-order valence-corrected chi connectivity index (χ4v) is 2.00. The van der Waals surface area contributed by atoms with E-state index in [2.05, 4.69) is 10.2 Å². The molecule has 0 spiro atoms. The molecule has 0 amide bonds. The molecule has 0 saturated carbocycles. The molecule has 2 heterocycles. The highest BCUT2D eigenvalue weighted by Gasteiger charge is 2.13. The lowest BCUT2D eigenvalue weighted by Gasteiger charge is -2.14. The van der Waals surface area contributed by atoms with Crippen molar-refractivity contribution in [3.63, 3.8) is 0 Å². The molecule has 7 heteroatoms. The molecule has 3 rings (SSSR count). The van der Waals surface area contributed by atoms with Crippen molar-refractivity contribution in [3.05, 3.63) is 60.3 Å². The maximum absolute atomic E-state index is 13.0. The van der Waals surface area contributed by atoms with Crippen LogP contribution in [0.1, 0.15) is 17.3 Å². The molecule has 0 N–H and O–H groups in total. The highest BCUT2D eigenvalue weighted by molar-refractivity contribution is 5.89. The zero-order chi connectivity index (χ0) is 16.2. The molecule has 0 aliphatic rings. The second kappa shape index (κ2) is 6.43. The summed E-state index contributed by atoms with van der Waals surface area (Å²) in [6, 6.07) is 9.09. The predicted molar refractivity (Wildman–Crippen MR) is 79.8 cm³/mol. The number of carbonyl (C=O) groups is 1. The van der Waals surface area contributed by atoms with Crippen molar-refractivity contribution < 1.29 is 18.7 Å². The van der Waals surface area contributed by atoms with Crippen molar-refractivity contribution in [2.75, 3.05) is 6.61 Å². The third-order valence-corrected chi connectivity index (χ3v) is 3.12. The summed E-state index contributed by atoms with van der Waals surface area (Å²) in [5.41, 5.74) is 1.03. The summed E-state index contributed by atoms with van der Waals surface area (Å²) < 4.78 is 25.4. The van der Waals surface area contributed by atoms with Crippen molar-refractivity contribution >= 4 is 11.6 Å². The summed E-state index contributed by atoms with van der Waals surface area (Å²) >= 11 is 0. The topological polar surface area (TPSA) is 65.7 Å². The van der Waals surface area contributed by atoms with Crippen LogP contribution in [0, 0.1) is 5.82 Å². The molecule has 2 aromatic heterocycles. The molecule has 118 valence electrons. The monoisotopic (exact) mass is 315 g/mol. The van der Waals surface area contributed by atoms with Gasteiger partial charge in [0.15, 0.2) is 5.65 Å². The van der Waals surface area contributed by atoms with Gasteiger partial charge in [-0.3, -0.25) is 4.40 Å². The van der Waals surface area contributed by atoms with Crippen LogP contribution in [0.2, 0.25) is 0 Å². The minimum Gasteiger partial charge on any atom is -0.490 e. The number of halogens is 1. The average Bonchev–Trinajstić information content (AvgIpc) is 3.00. The van der Waals surface area contributed by atoms with Crippen LogP contribution in [0.25, 0.3) is 5.65 Å². The van der Waals surface area contributed by atoms with E-state index in [1.54, 1.807) is 41.8 Å². The molecule has 1 atom stereocenters. The van der Waals surface area contributed by atoms with Crippen molar-refractivity contribution in [1.82, 2.24) is 14.6 Å². The van der Waals surface area contributed by atoms with Crippen molar-refractivity contribution in [1.29, 1.82) is 0 Å². The molecule has 0 bridgehead atoms. The molecule has 0 aliphatic heterocycles. The molecule has 3 aromatic rings. The first-order chi connectivity index (χ1) is 11.1. The lowest BCUT2D eigenvalue weighted by molar-refractivity contribution is 0.0227. The lowest BCUT2D eigenvalue weighted by Crippen LogP contribution is -2.22. The van der Waals surface area contributed by atoms with Gasteiger partial charge in [-0.2, -0.15) is 0 Å². The minimum absolute atomic E-state index is 0.129. The van der Waals surface area contributed by atoms with Gasteiger partial charge in [0.1, 0.15) is 30.6 Å².